The molecule has 1 saturated carbocycles. The lowest BCUT2D eigenvalue weighted by molar-refractivity contribution is -0.127. The van der Waals surface area contributed by atoms with Crippen LogP contribution in [0.25, 0.3) is 0 Å². The lowest BCUT2D eigenvalue weighted by atomic mass is 10.1. The molecule has 1 fully saturated rings. The van der Waals surface area contributed by atoms with Crippen molar-refractivity contribution >= 4 is 29.1 Å². The Kier molecular flexibility index (Phi) is 6.78. The predicted octanol–water partition coefficient (Wildman–Crippen LogP) is 2.59. The number of aromatic nitrogens is 1. The highest BCUT2D eigenvalue weighted by Gasteiger charge is 2.22. The van der Waals surface area contributed by atoms with Gasteiger partial charge in [-0.05, 0) is 37.1 Å². The summed E-state index contributed by atoms with van der Waals surface area (Å²) in [6.07, 6.45) is 6.95. The Morgan fingerprint density at radius 2 is 1.93 bits per heavy atom. The van der Waals surface area contributed by atoms with Gasteiger partial charge in [-0.1, -0.05) is 12.8 Å². The number of carbonyl (C=O) groups is 3. The summed E-state index contributed by atoms with van der Waals surface area (Å²) in [7, 11) is 1.47. The molecule has 2 aromatic rings. The van der Waals surface area contributed by atoms with Crippen LogP contribution in [0, 0.1) is 5.92 Å². The normalized spacial score (nSPS) is 13.6. The third kappa shape index (κ3) is 5.54. The third-order valence-corrected chi connectivity index (χ3v) is 4.81. The molecule has 0 saturated heterocycles. The molecule has 0 atom stereocenters. The first kappa shape index (κ1) is 20.3. The minimum Gasteiger partial charge on any atom is -0.494 e. The minimum atomic E-state index is -0.328. The van der Waals surface area contributed by atoms with Gasteiger partial charge in [0.05, 0.1) is 24.9 Å². The minimum absolute atomic E-state index is 0.0191. The van der Waals surface area contributed by atoms with Crippen molar-refractivity contribution in [1.29, 1.82) is 0 Å². The van der Waals surface area contributed by atoms with Gasteiger partial charge in [0.25, 0.3) is 5.91 Å². The maximum Gasteiger partial charge on any atom is 0.257 e. The van der Waals surface area contributed by atoms with Crippen LogP contribution in [0.1, 0.15) is 36.0 Å². The summed E-state index contributed by atoms with van der Waals surface area (Å²) in [5, 5.41) is 8.16. The fraction of sp³-hybridized carbons (Fsp3) is 0.333. The summed E-state index contributed by atoms with van der Waals surface area (Å²) in [5.74, 6) is -0.294. The van der Waals surface area contributed by atoms with Crippen LogP contribution in [0.4, 0.5) is 11.4 Å². The van der Waals surface area contributed by atoms with E-state index in [0.29, 0.717) is 22.7 Å². The molecule has 0 spiro atoms. The molecule has 152 valence electrons. The van der Waals surface area contributed by atoms with Crippen LogP contribution < -0.4 is 20.7 Å². The van der Waals surface area contributed by atoms with E-state index in [1.165, 1.54) is 13.3 Å². The third-order valence-electron chi connectivity index (χ3n) is 4.81. The van der Waals surface area contributed by atoms with Gasteiger partial charge in [0.2, 0.25) is 11.8 Å². The Bertz CT molecular complexity index is 880. The molecule has 0 radical (unpaired) electrons. The van der Waals surface area contributed by atoms with Gasteiger partial charge in [-0.25, -0.2) is 0 Å². The summed E-state index contributed by atoms with van der Waals surface area (Å²) < 4.78 is 5.32. The zero-order chi connectivity index (χ0) is 20.6. The number of benzene rings is 1. The Labute approximate surface area is 169 Å². The summed E-state index contributed by atoms with van der Waals surface area (Å²) >= 11 is 0. The number of ether oxygens (including phenoxy) is 1. The Hall–Kier alpha value is -3.42. The average Bonchev–Trinajstić information content (AvgIpc) is 3.28. The van der Waals surface area contributed by atoms with Crippen molar-refractivity contribution in [2.45, 2.75) is 25.7 Å². The number of hydrogen-bond acceptors (Lipinski definition) is 5. The maximum atomic E-state index is 12.3. The van der Waals surface area contributed by atoms with E-state index in [4.69, 9.17) is 4.74 Å². The average molecular weight is 396 g/mol. The van der Waals surface area contributed by atoms with Crippen LogP contribution in [0.15, 0.2) is 42.7 Å². The first-order chi connectivity index (χ1) is 14.1. The van der Waals surface area contributed by atoms with Crippen LogP contribution in [0.5, 0.6) is 5.75 Å². The van der Waals surface area contributed by atoms with Gasteiger partial charge < -0.3 is 20.7 Å². The second-order valence-electron chi connectivity index (χ2n) is 6.86. The number of nitrogens with zero attached hydrogens (tertiary/aromatic N) is 1. The first-order valence-corrected chi connectivity index (χ1v) is 9.54. The fourth-order valence-corrected chi connectivity index (χ4v) is 3.27. The molecule has 29 heavy (non-hydrogen) atoms. The monoisotopic (exact) mass is 396 g/mol. The lowest BCUT2D eigenvalue weighted by Gasteiger charge is -2.13. The van der Waals surface area contributed by atoms with E-state index in [2.05, 4.69) is 20.9 Å². The number of hydrogen-bond donors (Lipinski definition) is 3. The van der Waals surface area contributed by atoms with E-state index in [1.807, 2.05) is 0 Å². The van der Waals surface area contributed by atoms with Crippen LogP contribution in [0.2, 0.25) is 0 Å². The highest BCUT2D eigenvalue weighted by atomic mass is 16.5. The first-order valence-electron chi connectivity index (χ1n) is 9.54. The molecule has 1 aliphatic rings. The van der Waals surface area contributed by atoms with Gasteiger partial charge in [-0.15, -0.1) is 0 Å². The molecule has 0 unspecified atom stereocenters. The van der Waals surface area contributed by atoms with Crippen LogP contribution in [0.3, 0.4) is 0 Å². The molecule has 1 aromatic heterocycles. The maximum absolute atomic E-state index is 12.3. The molecular formula is C21H24N4O4. The second-order valence-corrected chi connectivity index (χ2v) is 6.86. The number of anilines is 2. The quantitative estimate of drug-likeness (QED) is 0.666. The largest absolute Gasteiger partial charge is 0.494 e. The van der Waals surface area contributed by atoms with Crippen molar-refractivity contribution < 1.29 is 19.1 Å². The molecule has 1 aromatic carbocycles. The van der Waals surface area contributed by atoms with Gasteiger partial charge in [0.1, 0.15) is 5.75 Å². The molecule has 3 amide bonds. The second kappa shape index (κ2) is 9.68. The van der Waals surface area contributed by atoms with Crippen LogP contribution >= 0.6 is 0 Å². The molecule has 1 heterocycles. The van der Waals surface area contributed by atoms with E-state index < -0.39 is 0 Å². The number of carbonyl (C=O) groups excluding carboxylic acids is 3. The molecule has 3 rings (SSSR count). The van der Waals surface area contributed by atoms with Gasteiger partial charge in [-0.2, -0.15) is 0 Å². The SMILES string of the molecule is COc1cc(NC(=O)CNC(=O)C2CCCC2)ccc1NC(=O)c1cccnc1. The number of methoxy groups -OCH3 is 1. The van der Waals surface area contributed by atoms with Gasteiger partial charge >= 0.3 is 0 Å². The summed E-state index contributed by atoms with van der Waals surface area (Å²) in [5.41, 5.74) is 1.39. The number of nitrogens with one attached hydrogen (secondary N) is 3. The van der Waals surface area contributed by atoms with E-state index >= 15 is 0 Å². The van der Waals surface area contributed by atoms with E-state index in [9.17, 15) is 14.4 Å². The Morgan fingerprint density at radius 1 is 1.14 bits per heavy atom. The number of pyridine rings is 1. The van der Waals surface area contributed by atoms with Crippen molar-refractivity contribution in [3.05, 3.63) is 48.3 Å². The molecule has 1 aliphatic carbocycles. The predicted molar refractivity (Wildman–Crippen MR) is 109 cm³/mol. The zero-order valence-corrected chi connectivity index (χ0v) is 16.2. The summed E-state index contributed by atoms with van der Waals surface area (Å²) in [6, 6.07) is 8.23. The summed E-state index contributed by atoms with van der Waals surface area (Å²) in [4.78, 5) is 40.4. The van der Waals surface area contributed by atoms with Crippen molar-refractivity contribution in [2.24, 2.45) is 5.92 Å². The van der Waals surface area contributed by atoms with Crippen LogP contribution in [-0.2, 0) is 9.59 Å². The van der Waals surface area contributed by atoms with Crippen molar-refractivity contribution in [3.63, 3.8) is 0 Å². The Morgan fingerprint density at radius 3 is 2.62 bits per heavy atom. The summed E-state index contributed by atoms with van der Waals surface area (Å²) in [6.45, 7) is -0.0862. The van der Waals surface area contributed by atoms with Gasteiger partial charge in [0.15, 0.2) is 0 Å². The smallest absolute Gasteiger partial charge is 0.257 e. The van der Waals surface area contributed by atoms with Crippen LogP contribution in [-0.4, -0.2) is 36.4 Å². The molecule has 0 aliphatic heterocycles. The molecule has 3 N–H and O–H groups in total. The Balaban J connectivity index is 1.57. The van der Waals surface area contributed by atoms with E-state index in [-0.39, 0.29) is 30.2 Å². The van der Waals surface area contributed by atoms with Gasteiger partial charge in [-0.3, -0.25) is 19.4 Å². The van der Waals surface area contributed by atoms with E-state index in [1.54, 1.807) is 36.5 Å². The van der Waals surface area contributed by atoms with E-state index in [0.717, 1.165) is 25.7 Å². The van der Waals surface area contributed by atoms with Crippen molar-refractivity contribution in [2.75, 3.05) is 24.3 Å². The van der Waals surface area contributed by atoms with Crippen molar-refractivity contribution in [3.8, 4) is 5.75 Å². The highest BCUT2D eigenvalue weighted by Crippen LogP contribution is 2.28. The molecule has 8 nitrogen and oxygen atoms in total. The number of amides is 3. The standard InChI is InChI=1S/C21H24N4O4/c1-29-18-11-16(24-19(26)13-23-20(27)14-5-2-3-6-14)8-9-17(18)25-21(28)15-7-4-10-22-12-15/h4,7-12,14H,2-3,5-6,13H2,1H3,(H,23,27)(H,24,26)(H,25,28). The molecular weight excluding hydrogens is 372 g/mol. The zero-order valence-electron chi connectivity index (χ0n) is 16.2. The topological polar surface area (TPSA) is 109 Å². The molecule has 8 heteroatoms. The number of rotatable bonds is 7. The molecule has 0 bridgehead atoms. The lowest BCUT2D eigenvalue weighted by Crippen LogP contribution is -2.36. The van der Waals surface area contributed by atoms with Crippen molar-refractivity contribution in [1.82, 2.24) is 10.3 Å². The fourth-order valence-electron chi connectivity index (χ4n) is 3.27. The van der Waals surface area contributed by atoms with Gasteiger partial charge in [0, 0.05) is 30.1 Å². The highest BCUT2D eigenvalue weighted by molar-refractivity contribution is 6.05.